The molecule has 1 aromatic heterocycles. The number of alkyl halides is 3. The van der Waals surface area contributed by atoms with Gasteiger partial charge in [0, 0.05) is 18.8 Å². The zero-order chi connectivity index (χ0) is 25.2. The number of ketones is 1. The van der Waals surface area contributed by atoms with Crippen molar-refractivity contribution in [2.24, 2.45) is 0 Å². The molecule has 3 aromatic carbocycles. The molecule has 0 aliphatic heterocycles. The van der Waals surface area contributed by atoms with E-state index in [1.807, 2.05) is 6.07 Å². The molecule has 0 bridgehead atoms. The van der Waals surface area contributed by atoms with Gasteiger partial charge >= 0.3 is 6.18 Å². The first-order valence-corrected chi connectivity index (χ1v) is 10.9. The van der Waals surface area contributed by atoms with Crippen molar-refractivity contribution in [3.63, 3.8) is 0 Å². The van der Waals surface area contributed by atoms with Crippen molar-refractivity contribution in [2.45, 2.75) is 31.9 Å². The Hall–Kier alpha value is -4.25. The topological polar surface area (TPSA) is 75.8 Å². The molecular weight excluding hydrogens is 455 g/mol. The fourth-order valence-corrected chi connectivity index (χ4v) is 3.96. The van der Waals surface area contributed by atoms with E-state index in [1.165, 1.54) is 16.7 Å². The van der Waals surface area contributed by atoms with Gasteiger partial charge in [0.25, 0.3) is 5.56 Å². The summed E-state index contributed by atoms with van der Waals surface area (Å²) in [5.74, 6) is -0.255. The van der Waals surface area contributed by atoms with Crippen LogP contribution in [0.4, 0.5) is 13.2 Å². The fourth-order valence-electron chi connectivity index (χ4n) is 3.96. The monoisotopic (exact) mass is 475 g/mol. The zero-order valence-corrected chi connectivity index (χ0v) is 18.7. The summed E-state index contributed by atoms with van der Waals surface area (Å²) in [7, 11) is 0. The van der Waals surface area contributed by atoms with Gasteiger partial charge in [0.15, 0.2) is 0 Å². The first-order chi connectivity index (χ1) is 16.7. The minimum atomic E-state index is -4.44. The molecule has 0 saturated heterocycles. The van der Waals surface area contributed by atoms with Crippen LogP contribution in [-0.4, -0.2) is 15.3 Å². The average Bonchev–Trinajstić information content (AvgIpc) is 2.84. The molecule has 0 aliphatic rings. The smallest absolute Gasteiger partial charge is 0.299 e. The Kier molecular flexibility index (Phi) is 6.52. The van der Waals surface area contributed by atoms with E-state index in [0.717, 1.165) is 12.1 Å². The molecule has 5 nitrogen and oxygen atoms in total. The predicted octanol–water partition coefficient (Wildman–Crippen LogP) is 5.58. The summed E-state index contributed by atoms with van der Waals surface area (Å²) < 4.78 is 39.8. The van der Waals surface area contributed by atoms with E-state index < -0.39 is 17.7 Å². The van der Waals surface area contributed by atoms with Crippen molar-refractivity contribution in [3.05, 3.63) is 106 Å². The summed E-state index contributed by atoms with van der Waals surface area (Å²) in [5.41, 5.74) is 0.873. The highest BCUT2D eigenvalue weighted by Crippen LogP contribution is 2.29. The lowest BCUT2D eigenvalue weighted by Gasteiger charge is -2.18. The van der Waals surface area contributed by atoms with Crippen molar-refractivity contribution >= 4 is 16.7 Å². The Morgan fingerprint density at radius 3 is 2.31 bits per heavy atom. The first-order valence-electron chi connectivity index (χ1n) is 10.9. The Labute approximate surface area is 199 Å². The lowest BCUT2D eigenvalue weighted by Crippen LogP contribution is -2.26. The van der Waals surface area contributed by atoms with Gasteiger partial charge in [-0.15, -0.1) is 0 Å². The SMILES string of the molecule is C[C@@H](CC(=O)Cc1ccc(C(F)(F)F)cc1)c1nc2ccccc2c(=O)n1-c1ccc(C#N)cc1. The quantitative estimate of drug-likeness (QED) is 0.365. The van der Waals surface area contributed by atoms with E-state index in [1.54, 1.807) is 55.5 Å². The number of benzene rings is 3. The Balaban J connectivity index is 1.65. The Morgan fingerprint density at radius 1 is 1.03 bits per heavy atom. The molecule has 35 heavy (non-hydrogen) atoms. The number of aromatic nitrogens is 2. The molecule has 0 amide bonds. The van der Waals surface area contributed by atoms with Crippen molar-refractivity contribution in [1.29, 1.82) is 5.26 Å². The van der Waals surface area contributed by atoms with Crippen molar-refractivity contribution in [1.82, 2.24) is 9.55 Å². The van der Waals surface area contributed by atoms with Crippen LogP contribution in [0.5, 0.6) is 0 Å². The number of halogens is 3. The highest BCUT2D eigenvalue weighted by atomic mass is 19.4. The summed E-state index contributed by atoms with van der Waals surface area (Å²) in [6.45, 7) is 1.78. The summed E-state index contributed by atoms with van der Waals surface area (Å²) >= 11 is 0. The van der Waals surface area contributed by atoms with Crippen molar-refractivity contribution < 1.29 is 18.0 Å². The number of para-hydroxylation sites is 1. The standard InChI is InChI=1S/C27H20F3N3O2/c1-17(14-22(34)15-18-6-10-20(11-7-18)27(28,29)30)25-32-24-5-3-2-4-23(24)26(35)33(25)21-12-8-19(16-31)9-13-21/h2-13,17H,14-15H2,1H3/t17-/m0/s1. The second-order valence-electron chi connectivity index (χ2n) is 8.30. The van der Waals surface area contributed by atoms with E-state index in [0.29, 0.717) is 33.5 Å². The number of nitrogens with zero attached hydrogens (tertiary/aromatic N) is 3. The fraction of sp³-hybridized carbons (Fsp3) is 0.185. The maximum absolute atomic E-state index is 13.4. The summed E-state index contributed by atoms with van der Waals surface area (Å²) in [6.07, 6.45) is -4.42. The number of hydrogen-bond donors (Lipinski definition) is 0. The number of nitriles is 1. The molecule has 8 heteroatoms. The van der Waals surface area contributed by atoms with Gasteiger partial charge in [0.1, 0.15) is 11.6 Å². The third-order valence-electron chi connectivity index (χ3n) is 5.71. The van der Waals surface area contributed by atoms with Crippen LogP contribution in [0.2, 0.25) is 0 Å². The molecule has 0 fully saturated rings. The van der Waals surface area contributed by atoms with Crippen LogP contribution in [0.3, 0.4) is 0 Å². The average molecular weight is 475 g/mol. The Morgan fingerprint density at radius 2 is 1.69 bits per heavy atom. The molecule has 0 spiro atoms. The lowest BCUT2D eigenvalue weighted by atomic mass is 9.98. The molecule has 0 aliphatic carbocycles. The molecule has 1 heterocycles. The van der Waals surface area contributed by atoms with E-state index in [-0.39, 0.29) is 24.2 Å². The third-order valence-corrected chi connectivity index (χ3v) is 5.71. The number of fused-ring (bicyclic) bond motifs is 1. The molecule has 1 atom stereocenters. The van der Waals surface area contributed by atoms with Gasteiger partial charge in [-0.25, -0.2) is 4.98 Å². The summed E-state index contributed by atoms with van der Waals surface area (Å²) in [6, 6.07) is 20.0. The normalized spacial score (nSPS) is 12.3. The Bertz CT molecular complexity index is 1480. The lowest BCUT2D eigenvalue weighted by molar-refractivity contribution is -0.137. The largest absolute Gasteiger partial charge is 0.416 e. The van der Waals surface area contributed by atoms with E-state index in [9.17, 15) is 22.8 Å². The van der Waals surface area contributed by atoms with Gasteiger partial charge in [0.2, 0.25) is 0 Å². The van der Waals surface area contributed by atoms with Crippen LogP contribution in [-0.2, 0) is 17.4 Å². The predicted molar refractivity (Wildman–Crippen MR) is 125 cm³/mol. The minimum absolute atomic E-state index is 0.0306. The van der Waals surface area contributed by atoms with Crippen LogP contribution in [0, 0.1) is 11.3 Å². The van der Waals surface area contributed by atoms with E-state index in [4.69, 9.17) is 5.26 Å². The second-order valence-corrected chi connectivity index (χ2v) is 8.30. The van der Waals surface area contributed by atoms with Gasteiger partial charge in [-0.05, 0) is 54.1 Å². The highest BCUT2D eigenvalue weighted by Gasteiger charge is 2.30. The molecule has 4 rings (SSSR count). The third kappa shape index (κ3) is 5.14. The molecule has 176 valence electrons. The molecule has 0 N–H and O–H groups in total. The number of carbonyl (C=O) groups is 1. The van der Waals surface area contributed by atoms with E-state index in [2.05, 4.69) is 4.98 Å². The number of carbonyl (C=O) groups excluding carboxylic acids is 1. The number of hydrogen-bond acceptors (Lipinski definition) is 4. The van der Waals surface area contributed by atoms with Gasteiger partial charge in [-0.3, -0.25) is 14.2 Å². The number of Topliss-reactive ketones (excluding diaryl/α,β-unsaturated/α-hetero) is 1. The summed E-state index contributed by atoms with van der Waals surface area (Å²) in [5, 5.41) is 9.51. The van der Waals surface area contributed by atoms with Crippen molar-refractivity contribution in [2.75, 3.05) is 0 Å². The molecule has 0 saturated carbocycles. The van der Waals surface area contributed by atoms with Crippen LogP contribution < -0.4 is 5.56 Å². The first kappa shape index (κ1) is 23.9. The molecule has 0 unspecified atom stereocenters. The molecular formula is C27H20F3N3O2. The summed E-state index contributed by atoms with van der Waals surface area (Å²) in [4.78, 5) is 30.8. The van der Waals surface area contributed by atoms with Crippen LogP contribution in [0.1, 0.15) is 41.8 Å². The zero-order valence-electron chi connectivity index (χ0n) is 18.7. The second kappa shape index (κ2) is 9.55. The molecule has 4 aromatic rings. The number of rotatable bonds is 6. The molecule has 0 radical (unpaired) electrons. The van der Waals surface area contributed by atoms with Crippen LogP contribution >= 0.6 is 0 Å². The van der Waals surface area contributed by atoms with Gasteiger partial charge in [-0.1, -0.05) is 31.2 Å². The van der Waals surface area contributed by atoms with E-state index >= 15 is 0 Å². The van der Waals surface area contributed by atoms with Gasteiger partial charge < -0.3 is 0 Å². The highest BCUT2D eigenvalue weighted by molar-refractivity contribution is 5.82. The van der Waals surface area contributed by atoms with Crippen LogP contribution in [0.15, 0.2) is 77.6 Å². The van der Waals surface area contributed by atoms with Crippen LogP contribution in [0.25, 0.3) is 16.6 Å². The van der Waals surface area contributed by atoms with Gasteiger partial charge in [-0.2, -0.15) is 18.4 Å². The maximum Gasteiger partial charge on any atom is 0.416 e. The maximum atomic E-state index is 13.4. The van der Waals surface area contributed by atoms with Crippen molar-refractivity contribution in [3.8, 4) is 11.8 Å². The van der Waals surface area contributed by atoms with Gasteiger partial charge in [0.05, 0.1) is 33.8 Å². The minimum Gasteiger partial charge on any atom is -0.299 e.